The van der Waals surface area contributed by atoms with Crippen molar-refractivity contribution in [3.8, 4) is 5.75 Å². The molecule has 7 nitrogen and oxygen atoms in total. The summed E-state index contributed by atoms with van der Waals surface area (Å²) in [5.74, 6) is 0.234. The van der Waals surface area contributed by atoms with Crippen LogP contribution in [0, 0.1) is 0 Å². The smallest absolute Gasteiger partial charge is 0.416 e. The third-order valence-electron chi connectivity index (χ3n) is 4.05. The Kier molecular flexibility index (Phi) is 8.45. The van der Waals surface area contributed by atoms with Crippen molar-refractivity contribution in [3.63, 3.8) is 0 Å². The number of imide groups is 1. The molecule has 0 aliphatic rings. The molecule has 4 N–H and O–H groups in total. The maximum Gasteiger partial charge on any atom is 0.416 e. The van der Waals surface area contributed by atoms with E-state index in [2.05, 4.69) is 0 Å². The number of nitrogens with two attached hydrogens (primary N) is 2. The lowest BCUT2D eigenvalue weighted by Crippen LogP contribution is -2.49. The van der Waals surface area contributed by atoms with Gasteiger partial charge < -0.3 is 20.9 Å². The topological polar surface area (TPSA) is 108 Å². The molecule has 0 spiro atoms. The van der Waals surface area contributed by atoms with E-state index in [1.165, 1.54) is 0 Å². The molecule has 0 heterocycles. The van der Waals surface area contributed by atoms with Gasteiger partial charge in [0.05, 0.1) is 12.6 Å². The van der Waals surface area contributed by atoms with Crippen molar-refractivity contribution in [2.24, 2.45) is 11.5 Å². The lowest BCUT2D eigenvalue weighted by Gasteiger charge is -2.23. The number of rotatable bonds is 9. The predicted molar refractivity (Wildman–Crippen MR) is 107 cm³/mol. The molecule has 28 heavy (non-hydrogen) atoms. The molecule has 0 unspecified atom stereocenters. The van der Waals surface area contributed by atoms with E-state index in [4.69, 9.17) is 20.9 Å². The van der Waals surface area contributed by atoms with E-state index < -0.39 is 18.0 Å². The fourth-order valence-electron chi connectivity index (χ4n) is 2.65. The van der Waals surface area contributed by atoms with Crippen LogP contribution in [0.3, 0.4) is 0 Å². The zero-order valence-corrected chi connectivity index (χ0v) is 16.0. The minimum absolute atomic E-state index is 0.0451. The molecule has 2 aromatic rings. The van der Waals surface area contributed by atoms with Crippen molar-refractivity contribution < 1.29 is 19.1 Å². The Balaban J connectivity index is 1.96. The van der Waals surface area contributed by atoms with Crippen LogP contribution >= 0.6 is 0 Å². The molecule has 0 aromatic heterocycles. The summed E-state index contributed by atoms with van der Waals surface area (Å²) in [7, 11) is 0. The average Bonchev–Trinajstić information content (AvgIpc) is 2.72. The standard InChI is InChI=1S/C21H27N3O4/c1-2-27-18-10-8-16(9-11-18)14-19(23)20(25)24(13-12-22)21(26)28-15-17-6-4-3-5-7-17/h3-11,19H,2,12-15,22-23H2,1H3/t19-/m0/s1. The van der Waals surface area contributed by atoms with Gasteiger partial charge in [-0.15, -0.1) is 0 Å². The third kappa shape index (κ3) is 6.37. The first kappa shape index (κ1) is 21.4. The molecule has 7 heteroatoms. The second kappa shape index (κ2) is 11.1. The first-order valence-electron chi connectivity index (χ1n) is 9.24. The first-order valence-corrected chi connectivity index (χ1v) is 9.24. The van der Waals surface area contributed by atoms with Crippen LogP contribution in [-0.2, 0) is 22.6 Å². The molecule has 0 saturated carbocycles. The summed E-state index contributed by atoms with van der Waals surface area (Å²) in [4.78, 5) is 26.0. The van der Waals surface area contributed by atoms with Gasteiger partial charge in [-0.25, -0.2) is 9.69 Å². The molecule has 0 saturated heterocycles. The maximum absolute atomic E-state index is 12.7. The van der Waals surface area contributed by atoms with Crippen molar-refractivity contribution >= 4 is 12.0 Å². The highest BCUT2D eigenvalue weighted by Crippen LogP contribution is 2.14. The van der Waals surface area contributed by atoms with Crippen molar-refractivity contribution in [1.82, 2.24) is 4.90 Å². The van der Waals surface area contributed by atoms with E-state index in [0.717, 1.165) is 21.8 Å². The van der Waals surface area contributed by atoms with Gasteiger partial charge >= 0.3 is 6.09 Å². The number of nitrogens with zero attached hydrogens (tertiary/aromatic N) is 1. The van der Waals surface area contributed by atoms with E-state index in [9.17, 15) is 9.59 Å². The lowest BCUT2D eigenvalue weighted by molar-refractivity contribution is -0.130. The van der Waals surface area contributed by atoms with Gasteiger partial charge in [-0.1, -0.05) is 42.5 Å². The fraction of sp³-hybridized carbons (Fsp3) is 0.333. The van der Waals surface area contributed by atoms with Crippen LogP contribution in [0.2, 0.25) is 0 Å². The largest absolute Gasteiger partial charge is 0.494 e. The molecular formula is C21H27N3O4. The average molecular weight is 385 g/mol. The van der Waals surface area contributed by atoms with Crippen molar-refractivity contribution in [1.29, 1.82) is 0 Å². The highest BCUT2D eigenvalue weighted by atomic mass is 16.6. The normalized spacial score (nSPS) is 11.5. The summed E-state index contributed by atoms with van der Waals surface area (Å²) in [5, 5.41) is 0. The zero-order valence-electron chi connectivity index (χ0n) is 16.0. The first-order chi connectivity index (χ1) is 13.5. The molecular weight excluding hydrogens is 358 g/mol. The molecule has 0 radical (unpaired) electrons. The Hall–Kier alpha value is -2.90. The Labute approximate surface area is 165 Å². The number of amides is 2. The van der Waals surface area contributed by atoms with Gasteiger partial charge in [-0.3, -0.25) is 4.79 Å². The van der Waals surface area contributed by atoms with Gasteiger partial charge in [0, 0.05) is 13.1 Å². The monoisotopic (exact) mass is 385 g/mol. The Morgan fingerprint density at radius 2 is 1.71 bits per heavy atom. The van der Waals surface area contributed by atoms with Gasteiger partial charge in [0.25, 0.3) is 0 Å². The number of carbonyl (C=O) groups is 2. The summed E-state index contributed by atoms with van der Waals surface area (Å²) < 4.78 is 10.6. The third-order valence-corrected chi connectivity index (χ3v) is 4.05. The SMILES string of the molecule is CCOc1ccc(C[C@H](N)C(=O)N(CCN)C(=O)OCc2ccccc2)cc1. The number of benzene rings is 2. The van der Waals surface area contributed by atoms with E-state index in [-0.39, 0.29) is 26.1 Å². The predicted octanol–water partition coefficient (Wildman–Crippen LogP) is 2.08. The maximum atomic E-state index is 12.7. The number of ether oxygens (including phenoxy) is 2. The van der Waals surface area contributed by atoms with Crippen LogP contribution in [0.1, 0.15) is 18.1 Å². The lowest BCUT2D eigenvalue weighted by atomic mass is 10.1. The molecule has 0 aliphatic heterocycles. The van der Waals surface area contributed by atoms with Crippen LogP contribution in [0.25, 0.3) is 0 Å². The van der Waals surface area contributed by atoms with Gasteiger partial charge in [0.1, 0.15) is 12.4 Å². The number of hydrogen-bond acceptors (Lipinski definition) is 6. The minimum Gasteiger partial charge on any atom is -0.494 e. The van der Waals surface area contributed by atoms with Gasteiger partial charge in [0.15, 0.2) is 0 Å². The van der Waals surface area contributed by atoms with E-state index in [0.29, 0.717) is 6.61 Å². The zero-order chi connectivity index (χ0) is 20.4. The van der Waals surface area contributed by atoms with Crippen LogP contribution in [-0.4, -0.2) is 42.6 Å². The number of carbonyl (C=O) groups excluding carboxylic acids is 2. The van der Waals surface area contributed by atoms with Gasteiger partial charge in [-0.05, 0) is 36.6 Å². The van der Waals surface area contributed by atoms with Crippen molar-refractivity contribution in [2.75, 3.05) is 19.7 Å². The minimum atomic E-state index is -0.881. The van der Waals surface area contributed by atoms with Crippen molar-refractivity contribution in [3.05, 3.63) is 65.7 Å². The summed E-state index contributed by atoms with van der Waals surface area (Å²) >= 11 is 0. The van der Waals surface area contributed by atoms with Crippen LogP contribution in [0.15, 0.2) is 54.6 Å². The Morgan fingerprint density at radius 1 is 1.04 bits per heavy atom. The van der Waals surface area contributed by atoms with E-state index in [1.807, 2.05) is 61.5 Å². The highest BCUT2D eigenvalue weighted by molar-refractivity contribution is 5.95. The van der Waals surface area contributed by atoms with Crippen LogP contribution in [0.4, 0.5) is 4.79 Å². The van der Waals surface area contributed by atoms with E-state index >= 15 is 0 Å². The molecule has 2 rings (SSSR count). The van der Waals surface area contributed by atoms with Crippen LogP contribution in [0.5, 0.6) is 5.75 Å². The number of hydrogen-bond donors (Lipinski definition) is 2. The molecule has 2 amide bonds. The molecule has 2 aromatic carbocycles. The summed E-state index contributed by atoms with van der Waals surface area (Å²) in [6.07, 6.45) is -0.459. The molecule has 0 aliphatic carbocycles. The Bertz CT molecular complexity index is 750. The van der Waals surface area contributed by atoms with E-state index in [1.54, 1.807) is 0 Å². The quantitative estimate of drug-likeness (QED) is 0.684. The second-order valence-corrected chi connectivity index (χ2v) is 6.21. The van der Waals surface area contributed by atoms with Gasteiger partial charge in [-0.2, -0.15) is 0 Å². The molecule has 0 bridgehead atoms. The van der Waals surface area contributed by atoms with Crippen LogP contribution < -0.4 is 16.2 Å². The summed E-state index contributed by atoms with van der Waals surface area (Å²) in [6.45, 7) is 2.73. The van der Waals surface area contributed by atoms with Gasteiger partial charge in [0.2, 0.25) is 5.91 Å². The Morgan fingerprint density at radius 3 is 2.32 bits per heavy atom. The molecule has 0 fully saturated rings. The molecule has 150 valence electrons. The second-order valence-electron chi connectivity index (χ2n) is 6.21. The summed E-state index contributed by atoms with van der Waals surface area (Å²) in [5.41, 5.74) is 13.3. The molecule has 1 atom stereocenters. The highest BCUT2D eigenvalue weighted by Gasteiger charge is 2.27. The fourth-order valence-corrected chi connectivity index (χ4v) is 2.65. The summed E-state index contributed by atoms with van der Waals surface area (Å²) in [6, 6.07) is 15.7. The van der Waals surface area contributed by atoms with Crippen molar-refractivity contribution in [2.45, 2.75) is 26.0 Å².